The number of phenols is 2. The SMILES string of the molecule is CCOC(=O)Oc1cc(O)ccc1-c1cc(=O)c2c(O)cccc2o1. The number of rotatable bonds is 3. The Morgan fingerprint density at radius 2 is 1.96 bits per heavy atom. The van der Waals surface area contributed by atoms with Crippen molar-refractivity contribution in [2.45, 2.75) is 6.92 Å². The first-order chi connectivity index (χ1) is 12.0. The third kappa shape index (κ3) is 3.25. The molecule has 3 aromatic rings. The summed E-state index contributed by atoms with van der Waals surface area (Å²) in [5.41, 5.74) is -0.00429. The monoisotopic (exact) mass is 342 g/mol. The van der Waals surface area contributed by atoms with Crippen LogP contribution in [0.3, 0.4) is 0 Å². The second-order valence-electron chi connectivity index (χ2n) is 5.09. The normalized spacial score (nSPS) is 10.6. The van der Waals surface area contributed by atoms with E-state index in [-0.39, 0.29) is 46.1 Å². The molecule has 25 heavy (non-hydrogen) atoms. The highest BCUT2D eigenvalue weighted by atomic mass is 16.7. The van der Waals surface area contributed by atoms with Crippen molar-refractivity contribution in [1.29, 1.82) is 0 Å². The first kappa shape index (κ1) is 16.4. The highest BCUT2D eigenvalue weighted by Crippen LogP contribution is 2.34. The lowest BCUT2D eigenvalue weighted by atomic mass is 10.1. The fraction of sp³-hybridized carbons (Fsp3) is 0.111. The molecule has 1 aromatic heterocycles. The van der Waals surface area contributed by atoms with Crippen LogP contribution in [0.4, 0.5) is 4.79 Å². The number of carbonyl (C=O) groups is 1. The molecule has 1 heterocycles. The largest absolute Gasteiger partial charge is 0.513 e. The first-order valence-corrected chi connectivity index (χ1v) is 7.43. The van der Waals surface area contributed by atoms with E-state index >= 15 is 0 Å². The molecule has 0 spiro atoms. The lowest BCUT2D eigenvalue weighted by molar-refractivity contribution is 0.104. The smallest absolute Gasteiger partial charge is 0.508 e. The number of fused-ring (bicyclic) bond motifs is 1. The predicted molar refractivity (Wildman–Crippen MR) is 88.9 cm³/mol. The summed E-state index contributed by atoms with van der Waals surface area (Å²) in [6.07, 6.45) is -0.949. The molecule has 0 saturated heterocycles. The molecule has 0 bridgehead atoms. The van der Waals surface area contributed by atoms with E-state index in [1.807, 2.05) is 0 Å². The minimum atomic E-state index is -0.949. The Hall–Kier alpha value is -3.48. The zero-order chi connectivity index (χ0) is 18.0. The Morgan fingerprint density at radius 3 is 2.72 bits per heavy atom. The van der Waals surface area contributed by atoms with Crippen molar-refractivity contribution in [3.05, 3.63) is 52.7 Å². The summed E-state index contributed by atoms with van der Waals surface area (Å²) < 4.78 is 15.4. The van der Waals surface area contributed by atoms with Gasteiger partial charge in [-0.05, 0) is 31.2 Å². The van der Waals surface area contributed by atoms with Crippen molar-refractivity contribution in [1.82, 2.24) is 0 Å². The van der Waals surface area contributed by atoms with Crippen molar-refractivity contribution in [2.75, 3.05) is 6.61 Å². The molecule has 7 heteroatoms. The van der Waals surface area contributed by atoms with E-state index in [2.05, 4.69) is 0 Å². The van der Waals surface area contributed by atoms with Crippen LogP contribution in [0, 0.1) is 0 Å². The van der Waals surface area contributed by atoms with Gasteiger partial charge in [-0.1, -0.05) is 6.07 Å². The maximum Gasteiger partial charge on any atom is 0.513 e. The molecule has 0 atom stereocenters. The van der Waals surface area contributed by atoms with Crippen LogP contribution >= 0.6 is 0 Å². The van der Waals surface area contributed by atoms with E-state index in [1.165, 1.54) is 42.5 Å². The highest BCUT2D eigenvalue weighted by molar-refractivity contribution is 5.85. The van der Waals surface area contributed by atoms with Crippen molar-refractivity contribution < 1.29 is 28.9 Å². The van der Waals surface area contributed by atoms with E-state index in [0.717, 1.165) is 0 Å². The molecule has 3 rings (SSSR count). The van der Waals surface area contributed by atoms with Crippen LogP contribution in [0.2, 0.25) is 0 Å². The van der Waals surface area contributed by atoms with E-state index in [4.69, 9.17) is 13.9 Å². The number of aromatic hydroxyl groups is 2. The molecular formula is C18H14O7. The van der Waals surface area contributed by atoms with Gasteiger partial charge in [-0.15, -0.1) is 0 Å². The fourth-order valence-electron chi connectivity index (χ4n) is 2.36. The standard InChI is InChI=1S/C18H14O7/c1-2-23-18(22)25-15-8-10(19)6-7-11(15)16-9-13(21)17-12(20)4-3-5-14(17)24-16/h3-9,19-20H,2H2,1H3. The number of hydrogen-bond donors (Lipinski definition) is 2. The number of phenolic OH excluding ortho intramolecular Hbond substituents is 2. The van der Waals surface area contributed by atoms with Gasteiger partial charge in [0.25, 0.3) is 0 Å². The maximum absolute atomic E-state index is 12.3. The van der Waals surface area contributed by atoms with Crippen molar-refractivity contribution in [3.8, 4) is 28.6 Å². The number of benzene rings is 2. The highest BCUT2D eigenvalue weighted by Gasteiger charge is 2.17. The zero-order valence-electron chi connectivity index (χ0n) is 13.2. The molecule has 0 aliphatic heterocycles. The number of hydrogen-bond acceptors (Lipinski definition) is 7. The lowest BCUT2D eigenvalue weighted by Gasteiger charge is -2.10. The summed E-state index contributed by atoms with van der Waals surface area (Å²) in [6.45, 7) is 1.75. The molecule has 0 radical (unpaired) electrons. The molecule has 2 N–H and O–H groups in total. The Kier molecular flexibility index (Phi) is 4.30. The molecule has 0 unspecified atom stereocenters. The van der Waals surface area contributed by atoms with Gasteiger partial charge in [0.1, 0.15) is 34.0 Å². The summed E-state index contributed by atoms with van der Waals surface area (Å²) in [5, 5.41) is 19.5. The van der Waals surface area contributed by atoms with Gasteiger partial charge >= 0.3 is 6.16 Å². The average molecular weight is 342 g/mol. The lowest BCUT2D eigenvalue weighted by Crippen LogP contribution is -2.11. The molecule has 0 amide bonds. The molecule has 0 aliphatic rings. The van der Waals surface area contributed by atoms with E-state index < -0.39 is 11.6 Å². The Labute approximate surface area is 141 Å². The van der Waals surface area contributed by atoms with Gasteiger partial charge in [-0.2, -0.15) is 0 Å². The first-order valence-electron chi connectivity index (χ1n) is 7.43. The molecule has 7 nitrogen and oxygen atoms in total. The van der Waals surface area contributed by atoms with Gasteiger partial charge in [0, 0.05) is 12.1 Å². The summed E-state index contributed by atoms with van der Waals surface area (Å²) in [7, 11) is 0. The van der Waals surface area contributed by atoms with Gasteiger partial charge in [0.2, 0.25) is 0 Å². The molecule has 128 valence electrons. The van der Waals surface area contributed by atoms with Crippen molar-refractivity contribution >= 4 is 17.1 Å². The van der Waals surface area contributed by atoms with Crippen LogP contribution in [-0.2, 0) is 4.74 Å². The van der Waals surface area contributed by atoms with E-state index in [9.17, 15) is 19.8 Å². The second kappa shape index (κ2) is 6.56. The van der Waals surface area contributed by atoms with Crippen LogP contribution in [0.15, 0.2) is 51.7 Å². The minimum absolute atomic E-state index is 0.0268. The zero-order valence-corrected chi connectivity index (χ0v) is 13.2. The summed E-state index contributed by atoms with van der Waals surface area (Å²) in [5.74, 6) is -0.237. The number of carbonyl (C=O) groups excluding carboxylic acids is 1. The van der Waals surface area contributed by atoms with Gasteiger partial charge in [-0.25, -0.2) is 4.79 Å². The van der Waals surface area contributed by atoms with Crippen molar-refractivity contribution in [3.63, 3.8) is 0 Å². The van der Waals surface area contributed by atoms with E-state index in [1.54, 1.807) is 6.92 Å². The van der Waals surface area contributed by atoms with Crippen LogP contribution in [0.1, 0.15) is 6.92 Å². The summed E-state index contributed by atoms with van der Waals surface area (Å²) in [6, 6.07) is 9.64. The molecule has 2 aromatic carbocycles. The van der Waals surface area contributed by atoms with Crippen LogP contribution in [0.25, 0.3) is 22.3 Å². The quantitative estimate of drug-likeness (QED) is 0.555. The summed E-state index contributed by atoms with van der Waals surface area (Å²) >= 11 is 0. The Bertz CT molecular complexity index is 1000. The summed E-state index contributed by atoms with van der Waals surface area (Å²) in [4.78, 5) is 23.9. The third-order valence-electron chi connectivity index (χ3n) is 3.42. The van der Waals surface area contributed by atoms with Gasteiger partial charge in [0.15, 0.2) is 5.43 Å². The van der Waals surface area contributed by atoms with E-state index in [0.29, 0.717) is 0 Å². The average Bonchev–Trinajstić information content (AvgIpc) is 2.54. The molecule has 0 fully saturated rings. The minimum Gasteiger partial charge on any atom is -0.508 e. The topological polar surface area (TPSA) is 106 Å². The van der Waals surface area contributed by atoms with Crippen LogP contribution < -0.4 is 10.2 Å². The fourth-order valence-corrected chi connectivity index (χ4v) is 2.36. The molecule has 0 saturated carbocycles. The Balaban J connectivity index is 2.15. The van der Waals surface area contributed by atoms with Crippen molar-refractivity contribution in [2.24, 2.45) is 0 Å². The number of ether oxygens (including phenoxy) is 2. The van der Waals surface area contributed by atoms with Crippen LogP contribution in [-0.4, -0.2) is 23.0 Å². The molecule has 0 aliphatic carbocycles. The van der Waals surface area contributed by atoms with Gasteiger partial charge in [0.05, 0.1) is 12.2 Å². The maximum atomic E-state index is 12.3. The van der Waals surface area contributed by atoms with Crippen LogP contribution in [0.5, 0.6) is 17.2 Å². The molecular weight excluding hydrogens is 328 g/mol. The third-order valence-corrected chi connectivity index (χ3v) is 3.42. The van der Waals surface area contributed by atoms with Gasteiger partial charge in [-0.3, -0.25) is 4.79 Å². The predicted octanol–water partition coefficient (Wildman–Crippen LogP) is 3.41. The van der Waals surface area contributed by atoms with Gasteiger partial charge < -0.3 is 24.1 Å². The second-order valence-corrected chi connectivity index (χ2v) is 5.09. The Morgan fingerprint density at radius 1 is 1.16 bits per heavy atom.